The van der Waals surface area contributed by atoms with Crippen LogP contribution in [-0.2, 0) is 9.59 Å². The van der Waals surface area contributed by atoms with Crippen molar-refractivity contribution in [2.75, 3.05) is 18.0 Å². The Bertz CT molecular complexity index is 490. The van der Waals surface area contributed by atoms with Crippen molar-refractivity contribution in [1.82, 2.24) is 5.32 Å². The summed E-state index contributed by atoms with van der Waals surface area (Å²) in [5.74, 6) is 0.140. The van der Waals surface area contributed by atoms with E-state index in [1.165, 1.54) is 0 Å². The summed E-state index contributed by atoms with van der Waals surface area (Å²) in [4.78, 5) is 25.0. The molecule has 2 rings (SSSR count). The maximum atomic E-state index is 11.7. The molecular formula is C15H22ClN3O2. The summed E-state index contributed by atoms with van der Waals surface area (Å²) >= 11 is 0. The molecule has 0 aliphatic carbocycles. The highest BCUT2D eigenvalue weighted by Gasteiger charge is 2.21. The molecule has 1 aromatic carbocycles. The normalized spacial score (nSPS) is 15.5. The Morgan fingerprint density at radius 2 is 2.05 bits per heavy atom. The van der Waals surface area contributed by atoms with Gasteiger partial charge in [0, 0.05) is 31.6 Å². The number of hydrogen-bond acceptors (Lipinski definition) is 3. The van der Waals surface area contributed by atoms with Gasteiger partial charge >= 0.3 is 0 Å². The Labute approximate surface area is 131 Å². The Kier molecular flexibility index (Phi) is 6.65. The minimum atomic E-state index is -0.0580. The number of carbonyl (C=O) groups excluding carboxylic acids is 2. The molecule has 5 nitrogen and oxygen atoms in total. The number of amides is 2. The predicted octanol–water partition coefficient (Wildman–Crippen LogP) is 1.76. The monoisotopic (exact) mass is 311 g/mol. The molecule has 1 atom stereocenters. The summed E-state index contributed by atoms with van der Waals surface area (Å²) in [5.41, 5.74) is 7.30. The van der Waals surface area contributed by atoms with E-state index in [2.05, 4.69) is 5.32 Å². The second-order valence-electron chi connectivity index (χ2n) is 5.07. The summed E-state index contributed by atoms with van der Waals surface area (Å²) in [7, 11) is 0. The van der Waals surface area contributed by atoms with E-state index in [-0.39, 0.29) is 30.3 Å². The van der Waals surface area contributed by atoms with Gasteiger partial charge in [-0.25, -0.2) is 0 Å². The number of benzene rings is 1. The van der Waals surface area contributed by atoms with Crippen molar-refractivity contribution < 1.29 is 9.59 Å². The first-order valence-electron chi connectivity index (χ1n) is 7.01. The van der Waals surface area contributed by atoms with E-state index in [0.717, 1.165) is 24.2 Å². The third kappa shape index (κ3) is 4.44. The SMILES string of the molecule is CC(NC(=O)CCN)c1ccc(N2CCCC2=O)cc1.Cl. The third-order valence-electron chi connectivity index (χ3n) is 3.53. The molecule has 0 radical (unpaired) electrons. The van der Waals surface area contributed by atoms with Gasteiger partial charge in [-0.2, -0.15) is 0 Å². The number of carbonyl (C=O) groups is 2. The van der Waals surface area contributed by atoms with Crippen molar-refractivity contribution in [2.45, 2.75) is 32.2 Å². The number of anilines is 1. The van der Waals surface area contributed by atoms with Crippen LogP contribution in [-0.4, -0.2) is 24.9 Å². The molecule has 2 amide bonds. The van der Waals surface area contributed by atoms with E-state index >= 15 is 0 Å². The average Bonchev–Trinajstić information content (AvgIpc) is 2.85. The fourth-order valence-corrected chi connectivity index (χ4v) is 2.39. The maximum Gasteiger partial charge on any atom is 0.227 e. The van der Waals surface area contributed by atoms with Crippen LogP contribution in [0.3, 0.4) is 0 Å². The average molecular weight is 312 g/mol. The van der Waals surface area contributed by atoms with E-state index in [9.17, 15) is 9.59 Å². The summed E-state index contributed by atoms with van der Waals surface area (Å²) in [6.45, 7) is 3.08. The molecule has 1 heterocycles. The zero-order chi connectivity index (χ0) is 14.5. The van der Waals surface area contributed by atoms with Crippen molar-refractivity contribution >= 4 is 29.9 Å². The van der Waals surface area contributed by atoms with Crippen molar-refractivity contribution in [1.29, 1.82) is 0 Å². The Morgan fingerprint density at radius 1 is 1.38 bits per heavy atom. The van der Waals surface area contributed by atoms with Gasteiger partial charge < -0.3 is 16.0 Å². The Morgan fingerprint density at radius 3 is 2.57 bits per heavy atom. The molecule has 1 aromatic rings. The standard InChI is InChI=1S/C15H21N3O2.ClH/c1-11(17-14(19)8-9-16)12-4-6-13(7-5-12)18-10-2-3-15(18)20;/h4-7,11H,2-3,8-10,16H2,1H3,(H,17,19);1H. The molecule has 1 saturated heterocycles. The third-order valence-corrected chi connectivity index (χ3v) is 3.53. The lowest BCUT2D eigenvalue weighted by Crippen LogP contribution is -2.28. The van der Waals surface area contributed by atoms with E-state index < -0.39 is 0 Å². The van der Waals surface area contributed by atoms with Crippen LogP contribution >= 0.6 is 12.4 Å². The number of nitrogens with zero attached hydrogens (tertiary/aromatic N) is 1. The van der Waals surface area contributed by atoms with Crippen LogP contribution in [0.4, 0.5) is 5.69 Å². The number of halogens is 1. The van der Waals surface area contributed by atoms with Gasteiger partial charge in [0.15, 0.2) is 0 Å². The van der Waals surface area contributed by atoms with Gasteiger partial charge in [0.1, 0.15) is 0 Å². The van der Waals surface area contributed by atoms with Gasteiger partial charge in [-0.3, -0.25) is 9.59 Å². The Hall–Kier alpha value is -1.59. The molecule has 0 bridgehead atoms. The highest BCUT2D eigenvalue weighted by Crippen LogP contribution is 2.23. The first-order valence-corrected chi connectivity index (χ1v) is 7.01. The van der Waals surface area contributed by atoms with Gasteiger partial charge in [-0.1, -0.05) is 12.1 Å². The smallest absolute Gasteiger partial charge is 0.227 e. The molecule has 1 fully saturated rings. The topological polar surface area (TPSA) is 75.4 Å². The first-order chi connectivity index (χ1) is 9.61. The van der Waals surface area contributed by atoms with Gasteiger partial charge in [-0.15, -0.1) is 12.4 Å². The lowest BCUT2D eigenvalue weighted by Gasteiger charge is -2.18. The molecule has 0 spiro atoms. The molecule has 1 aliphatic heterocycles. The zero-order valence-corrected chi connectivity index (χ0v) is 13.0. The molecule has 6 heteroatoms. The fourth-order valence-electron chi connectivity index (χ4n) is 2.39. The van der Waals surface area contributed by atoms with E-state index in [4.69, 9.17) is 5.73 Å². The second kappa shape index (κ2) is 8.00. The van der Waals surface area contributed by atoms with Crippen molar-refractivity contribution in [2.24, 2.45) is 5.73 Å². The predicted molar refractivity (Wildman–Crippen MR) is 85.5 cm³/mol. The number of nitrogens with two attached hydrogens (primary N) is 1. The van der Waals surface area contributed by atoms with E-state index in [1.54, 1.807) is 4.90 Å². The van der Waals surface area contributed by atoms with Crippen molar-refractivity contribution in [3.8, 4) is 0 Å². The number of rotatable bonds is 5. The first kappa shape index (κ1) is 17.5. The second-order valence-corrected chi connectivity index (χ2v) is 5.07. The highest BCUT2D eigenvalue weighted by atomic mass is 35.5. The van der Waals surface area contributed by atoms with Crippen LogP contribution in [0.15, 0.2) is 24.3 Å². The van der Waals surface area contributed by atoms with Gasteiger partial charge in [-0.05, 0) is 31.0 Å². The van der Waals surface area contributed by atoms with Gasteiger partial charge in [0.25, 0.3) is 0 Å². The maximum absolute atomic E-state index is 11.7. The number of nitrogens with one attached hydrogen (secondary N) is 1. The quantitative estimate of drug-likeness (QED) is 0.870. The highest BCUT2D eigenvalue weighted by molar-refractivity contribution is 5.95. The van der Waals surface area contributed by atoms with Crippen molar-refractivity contribution in [3.63, 3.8) is 0 Å². The van der Waals surface area contributed by atoms with Crippen LogP contribution in [0, 0.1) is 0 Å². The van der Waals surface area contributed by atoms with Crippen LogP contribution in [0.1, 0.15) is 37.8 Å². The summed E-state index contributed by atoms with van der Waals surface area (Å²) in [6, 6.07) is 7.72. The molecule has 116 valence electrons. The molecule has 1 unspecified atom stereocenters. The lowest BCUT2D eigenvalue weighted by atomic mass is 10.1. The Balaban J connectivity index is 0.00000220. The molecule has 0 saturated carbocycles. The minimum Gasteiger partial charge on any atom is -0.350 e. The van der Waals surface area contributed by atoms with E-state index in [1.807, 2.05) is 31.2 Å². The molecule has 3 N–H and O–H groups in total. The lowest BCUT2D eigenvalue weighted by molar-refractivity contribution is -0.121. The molecule has 0 aromatic heterocycles. The molecule has 21 heavy (non-hydrogen) atoms. The van der Waals surface area contributed by atoms with E-state index in [0.29, 0.717) is 19.4 Å². The van der Waals surface area contributed by atoms with Gasteiger partial charge in [0.05, 0.1) is 6.04 Å². The van der Waals surface area contributed by atoms with Crippen LogP contribution < -0.4 is 16.0 Å². The van der Waals surface area contributed by atoms with Crippen LogP contribution in [0.5, 0.6) is 0 Å². The summed E-state index contributed by atoms with van der Waals surface area (Å²) in [6.07, 6.45) is 1.89. The molecular weight excluding hydrogens is 290 g/mol. The summed E-state index contributed by atoms with van der Waals surface area (Å²) in [5, 5.41) is 2.90. The molecule has 1 aliphatic rings. The minimum absolute atomic E-state index is 0. The van der Waals surface area contributed by atoms with Gasteiger partial charge in [0.2, 0.25) is 11.8 Å². The van der Waals surface area contributed by atoms with Crippen molar-refractivity contribution in [3.05, 3.63) is 29.8 Å². The number of hydrogen-bond donors (Lipinski definition) is 2. The summed E-state index contributed by atoms with van der Waals surface area (Å²) < 4.78 is 0. The van der Waals surface area contributed by atoms with Crippen LogP contribution in [0.25, 0.3) is 0 Å². The fraction of sp³-hybridized carbons (Fsp3) is 0.467. The van der Waals surface area contributed by atoms with Crippen LogP contribution in [0.2, 0.25) is 0 Å². The largest absolute Gasteiger partial charge is 0.350 e. The zero-order valence-electron chi connectivity index (χ0n) is 12.2.